The van der Waals surface area contributed by atoms with Gasteiger partial charge in [-0.1, -0.05) is 104 Å². The van der Waals surface area contributed by atoms with E-state index in [9.17, 15) is 9.59 Å². The molecule has 0 heterocycles. The summed E-state index contributed by atoms with van der Waals surface area (Å²) in [4.78, 5) is 28.7. The van der Waals surface area contributed by atoms with E-state index in [0.717, 1.165) is 28.7 Å². The summed E-state index contributed by atoms with van der Waals surface area (Å²) in [6.07, 6.45) is 1.73. The molecule has 0 fully saturated rings. The summed E-state index contributed by atoms with van der Waals surface area (Å²) in [5.74, 6) is -0.176. The second-order valence-electron chi connectivity index (χ2n) is 8.80. The van der Waals surface area contributed by atoms with Crippen molar-refractivity contribution in [3.8, 4) is 0 Å². The molecule has 1 N–H and O–H groups in total. The largest absolute Gasteiger partial charge is 0.354 e. The molecule has 0 aliphatic rings. The molecule has 3 aromatic rings. The first-order valence-corrected chi connectivity index (χ1v) is 12.3. The zero-order chi connectivity index (χ0) is 24.3. The highest BCUT2D eigenvalue weighted by Gasteiger charge is 2.30. The Balaban J connectivity index is 1.94. The minimum Gasteiger partial charge on any atom is -0.354 e. The third-order valence-electron chi connectivity index (χ3n) is 6.15. The fourth-order valence-corrected chi connectivity index (χ4v) is 4.38. The van der Waals surface area contributed by atoms with Crippen LogP contribution >= 0.6 is 0 Å². The van der Waals surface area contributed by atoms with Crippen LogP contribution in [0.2, 0.25) is 0 Å². The Bertz CT molecular complexity index is 1010. The Morgan fingerprint density at radius 1 is 0.853 bits per heavy atom. The van der Waals surface area contributed by atoms with Gasteiger partial charge in [-0.2, -0.15) is 0 Å². The molecule has 0 unspecified atom stereocenters. The lowest BCUT2D eigenvalue weighted by atomic mass is 9.88. The van der Waals surface area contributed by atoms with Crippen LogP contribution < -0.4 is 5.32 Å². The van der Waals surface area contributed by atoms with Crippen molar-refractivity contribution in [1.29, 1.82) is 0 Å². The van der Waals surface area contributed by atoms with Crippen LogP contribution in [0.5, 0.6) is 0 Å². The highest BCUT2D eigenvalue weighted by atomic mass is 16.2. The minimum atomic E-state index is -0.508. The molecule has 0 aliphatic heterocycles. The highest BCUT2D eigenvalue weighted by Crippen LogP contribution is 2.29. The monoisotopic (exact) mass is 456 g/mol. The van der Waals surface area contributed by atoms with Crippen LogP contribution in [0.3, 0.4) is 0 Å². The van der Waals surface area contributed by atoms with Gasteiger partial charge >= 0.3 is 0 Å². The molecular formula is C30H36N2O2. The van der Waals surface area contributed by atoms with Crippen molar-refractivity contribution in [2.45, 2.75) is 58.5 Å². The Morgan fingerprint density at radius 2 is 1.47 bits per heavy atom. The maximum atomic E-state index is 13.9. The van der Waals surface area contributed by atoms with Crippen LogP contribution in [0.4, 0.5) is 0 Å². The summed E-state index contributed by atoms with van der Waals surface area (Å²) < 4.78 is 0. The van der Waals surface area contributed by atoms with Gasteiger partial charge in [-0.25, -0.2) is 0 Å². The first-order valence-electron chi connectivity index (χ1n) is 12.3. The van der Waals surface area contributed by atoms with E-state index in [4.69, 9.17) is 0 Å². The number of hydrogen-bond donors (Lipinski definition) is 1. The third-order valence-corrected chi connectivity index (χ3v) is 6.15. The smallest absolute Gasteiger partial charge is 0.242 e. The quantitative estimate of drug-likeness (QED) is 0.393. The summed E-state index contributed by atoms with van der Waals surface area (Å²) in [5, 5.41) is 3.00. The first-order chi connectivity index (χ1) is 16.5. The van der Waals surface area contributed by atoms with E-state index in [1.807, 2.05) is 75.4 Å². The van der Waals surface area contributed by atoms with Crippen molar-refractivity contribution in [3.05, 3.63) is 107 Å². The van der Waals surface area contributed by atoms with E-state index in [1.165, 1.54) is 0 Å². The standard InChI is InChI=1S/C30H36N2O2/c1-4-19-31-30(34)28(5-2)32(22-24-14-12-13-23(3)20-24)29(33)21-27(25-15-8-6-9-16-25)26-17-10-7-11-18-26/h6-18,20,27-28H,4-5,19,21-22H2,1-3H3,(H,31,34)/t28-/m1/s1. The summed E-state index contributed by atoms with van der Waals surface area (Å²) in [7, 11) is 0. The number of hydrogen-bond acceptors (Lipinski definition) is 2. The summed E-state index contributed by atoms with van der Waals surface area (Å²) >= 11 is 0. The lowest BCUT2D eigenvalue weighted by Crippen LogP contribution is -2.49. The van der Waals surface area contributed by atoms with Gasteiger partial charge in [0.05, 0.1) is 0 Å². The molecule has 0 aliphatic carbocycles. The average Bonchev–Trinajstić information content (AvgIpc) is 2.86. The molecular weight excluding hydrogens is 420 g/mol. The average molecular weight is 457 g/mol. The summed E-state index contributed by atoms with van der Waals surface area (Å²) in [6, 6.07) is 27.9. The fourth-order valence-electron chi connectivity index (χ4n) is 4.38. The number of carbonyl (C=O) groups is 2. The van der Waals surface area contributed by atoms with Crippen LogP contribution in [0.25, 0.3) is 0 Å². The molecule has 4 heteroatoms. The predicted molar refractivity (Wildman–Crippen MR) is 138 cm³/mol. The van der Waals surface area contributed by atoms with E-state index in [-0.39, 0.29) is 17.7 Å². The predicted octanol–water partition coefficient (Wildman–Crippen LogP) is 5.85. The van der Waals surface area contributed by atoms with Gasteiger partial charge in [-0.05, 0) is 36.5 Å². The molecule has 3 rings (SSSR count). The van der Waals surface area contributed by atoms with Crippen molar-refractivity contribution in [2.75, 3.05) is 6.54 Å². The fraction of sp³-hybridized carbons (Fsp3) is 0.333. The summed E-state index contributed by atoms with van der Waals surface area (Å²) in [6.45, 7) is 7.06. The Hall–Kier alpha value is -3.40. The van der Waals surface area contributed by atoms with E-state index < -0.39 is 6.04 Å². The van der Waals surface area contributed by atoms with E-state index in [2.05, 4.69) is 35.6 Å². The van der Waals surface area contributed by atoms with E-state index in [0.29, 0.717) is 25.9 Å². The molecule has 0 spiro atoms. The van der Waals surface area contributed by atoms with Gasteiger partial charge in [-0.3, -0.25) is 9.59 Å². The number of rotatable bonds is 11. The van der Waals surface area contributed by atoms with Crippen molar-refractivity contribution in [3.63, 3.8) is 0 Å². The van der Waals surface area contributed by atoms with Gasteiger partial charge in [0.15, 0.2) is 0 Å². The SMILES string of the molecule is CCCNC(=O)[C@@H](CC)N(Cc1cccc(C)c1)C(=O)CC(c1ccccc1)c1ccccc1. The topological polar surface area (TPSA) is 49.4 Å². The van der Waals surface area contributed by atoms with Crippen molar-refractivity contribution >= 4 is 11.8 Å². The molecule has 0 saturated heterocycles. The highest BCUT2D eigenvalue weighted by molar-refractivity contribution is 5.88. The normalized spacial score (nSPS) is 11.8. The lowest BCUT2D eigenvalue weighted by molar-refractivity contribution is -0.141. The van der Waals surface area contributed by atoms with Crippen LogP contribution in [-0.2, 0) is 16.1 Å². The van der Waals surface area contributed by atoms with Gasteiger partial charge in [0, 0.05) is 25.4 Å². The third kappa shape index (κ3) is 6.80. The van der Waals surface area contributed by atoms with Crippen LogP contribution in [-0.4, -0.2) is 29.3 Å². The zero-order valence-electron chi connectivity index (χ0n) is 20.5. The van der Waals surface area contributed by atoms with Gasteiger partial charge in [0.1, 0.15) is 6.04 Å². The molecule has 2 amide bonds. The van der Waals surface area contributed by atoms with Crippen molar-refractivity contribution in [2.24, 2.45) is 0 Å². The van der Waals surface area contributed by atoms with Gasteiger partial charge in [0.25, 0.3) is 0 Å². The maximum absolute atomic E-state index is 13.9. The maximum Gasteiger partial charge on any atom is 0.242 e. The van der Waals surface area contributed by atoms with Crippen molar-refractivity contribution in [1.82, 2.24) is 10.2 Å². The Kier molecular flexibility index (Phi) is 9.45. The Morgan fingerprint density at radius 3 is 2.00 bits per heavy atom. The molecule has 178 valence electrons. The van der Waals surface area contributed by atoms with Gasteiger partial charge in [0.2, 0.25) is 11.8 Å². The molecule has 1 atom stereocenters. The number of aryl methyl sites for hydroxylation is 1. The van der Waals surface area contributed by atoms with Gasteiger partial charge in [-0.15, -0.1) is 0 Å². The molecule has 0 saturated carbocycles. The van der Waals surface area contributed by atoms with E-state index >= 15 is 0 Å². The van der Waals surface area contributed by atoms with E-state index in [1.54, 1.807) is 4.90 Å². The van der Waals surface area contributed by atoms with Crippen LogP contribution in [0, 0.1) is 6.92 Å². The van der Waals surface area contributed by atoms with Crippen LogP contribution in [0.1, 0.15) is 61.3 Å². The van der Waals surface area contributed by atoms with Crippen LogP contribution in [0.15, 0.2) is 84.9 Å². The number of amides is 2. The minimum absolute atomic E-state index is 0.0160. The number of benzene rings is 3. The number of nitrogens with zero attached hydrogens (tertiary/aromatic N) is 1. The Labute approximate surface area is 204 Å². The second kappa shape index (κ2) is 12.7. The van der Waals surface area contributed by atoms with Gasteiger partial charge < -0.3 is 10.2 Å². The molecule has 0 aromatic heterocycles. The zero-order valence-corrected chi connectivity index (χ0v) is 20.5. The second-order valence-corrected chi connectivity index (χ2v) is 8.80. The molecule has 34 heavy (non-hydrogen) atoms. The summed E-state index contributed by atoms with van der Waals surface area (Å²) in [5.41, 5.74) is 4.37. The number of carbonyl (C=O) groups excluding carboxylic acids is 2. The number of nitrogens with one attached hydrogen (secondary N) is 1. The molecule has 4 nitrogen and oxygen atoms in total. The first kappa shape index (κ1) is 25.2. The molecule has 0 radical (unpaired) electrons. The molecule has 3 aromatic carbocycles. The molecule has 0 bridgehead atoms. The van der Waals surface area contributed by atoms with Crippen molar-refractivity contribution < 1.29 is 9.59 Å². The lowest BCUT2D eigenvalue weighted by Gasteiger charge is -2.32.